The maximum Gasteiger partial charge on any atom is 0.251 e. The number of aryl methyl sites for hydroxylation is 1. The lowest BCUT2D eigenvalue weighted by Crippen LogP contribution is -2.25. The van der Waals surface area contributed by atoms with E-state index in [1.807, 2.05) is 12.1 Å². The van der Waals surface area contributed by atoms with Crippen LogP contribution in [0.25, 0.3) is 0 Å². The number of aromatic nitrogens is 2. The van der Waals surface area contributed by atoms with Crippen molar-refractivity contribution < 1.29 is 9.21 Å². The second-order valence-corrected chi connectivity index (χ2v) is 4.65. The van der Waals surface area contributed by atoms with Crippen molar-refractivity contribution in [2.75, 3.05) is 6.54 Å². The third-order valence-corrected chi connectivity index (χ3v) is 2.77. The van der Waals surface area contributed by atoms with Crippen molar-refractivity contribution in [3.63, 3.8) is 0 Å². The zero-order valence-corrected chi connectivity index (χ0v) is 11.4. The highest BCUT2D eigenvalue weighted by Gasteiger charge is 2.06. The zero-order chi connectivity index (χ0) is 13.0. The third-order valence-electron chi connectivity index (χ3n) is 2.28. The molecule has 1 aromatic carbocycles. The van der Waals surface area contributed by atoms with E-state index < -0.39 is 0 Å². The monoisotopic (exact) mass is 309 g/mol. The predicted octanol–water partition coefficient (Wildman–Crippen LogP) is 2.11. The molecular formula is C12H12BrN3O2. The van der Waals surface area contributed by atoms with Crippen LogP contribution in [0.1, 0.15) is 22.1 Å². The van der Waals surface area contributed by atoms with Crippen LogP contribution < -0.4 is 5.32 Å². The Hall–Kier alpha value is -1.69. The first-order valence-electron chi connectivity index (χ1n) is 5.48. The van der Waals surface area contributed by atoms with Crippen molar-refractivity contribution in [3.05, 3.63) is 46.1 Å². The molecule has 0 radical (unpaired) electrons. The van der Waals surface area contributed by atoms with Gasteiger partial charge in [-0.2, -0.15) is 0 Å². The minimum Gasteiger partial charge on any atom is -0.426 e. The molecule has 0 aliphatic carbocycles. The number of hydrogen-bond donors (Lipinski definition) is 1. The van der Waals surface area contributed by atoms with E-state index >= 15 is 0 Å². The molecule has 0 aliphatic heterocycles. The lowest BCUT2D eigenvalue weighted by atomic mass is 10.2. The van der Waals surface area contributed by atoms with Crippen molar-refractivity contribution in [3.8, 4) is 0 Å². The number of halogens is 1. The minimum absolute atomic E-state index is 0.118. The summed E-state index contributed by atoms with van der Waals surface area (Å²) in [7, 11) is 0. The molecule has 1 amide bonds. The molecule has 0 saturated carbocycles. The summed E-state index contributed by atoms with van der Waals surface area (Å²) >= 11 is 3.32. The molecule has 5 nitrogen and oxygen atoms in total. The van der Waals surface area contributed by atoms with E-state index in [0.717, 1.165) is 4.47 Å². The number of carbonyl (C=O) groups is 1. The third kappa shape index (κ3) is 3.40. The van der Waals surface area contributed by atoms with Gasteiger partial charge in [0.25, 0.3) is 5.91 Å². The van der Waals surface area contributed by atoms with Crippen LogP contribution in [-0.4, -0.2) is 22.6 Å². The van der Waals surface area contributed by atoms with E-state index in [0.29, 0.717) is 30.3 Å². The van der Waals surface area contributed by atoms with Gasteiger partial charge in [-0.1, -0.05) is 22.0 Å². The van der Waals surface area contributed by atoms with E-state index in [4.69, 9.17) is 4.42 Å². The Balaban J connectivity index is 1.85. The first-order chi connectivity index (χ1) is 8.65. The highest BCUT2D eigenvalue weighted by atomic mass is 79.9. The van der Waals surface area contributed by atoms with E-state index in [1.165, 1.54) is 0 Å². The fourth-order valence-corrected chi connectivity index (χ4v) is 1.85. The van der Waals surface area contributed by atoms with Crippen molar-refractivity contribution >= 4 is 21.8 Å². The molecular weight excluding hydrogens is 298 g/mol. The normalized spacial score (nSPS) is 10.3. The second kappa shape index (κ2) is 5.77. The zero-order valence-electron chi connectivity index (χ0n) is 9.81. The first kappa shape index (κ1) is 12.8. The molecule has 94 valence electrons. The standard InChI is InChI=1S/C12H12BrN3O2/c1-8-15-16-11(18-8)5-6-14-12(17)9-3-2-4-10(13)7-9/h2-4,7H,5-6H2,1H3,(H,14,17). The largest absolute Gasteiger partial charge is 0.426 e. The summed E-state index contributed by atoms with van der Waals surface area (Å²) in [5.41, 5.74) is 0.617. The van der Waals surface area contributed by atoms with Crippen LogP contribution in [-0.2, 0) is 6.42 Å². The van der Waals surface area contributed by atoms with Gasteiger partial charge in [-0.05, 0) is 18.2 Å². The molecule has 0 unspecified atom stereocenters. The maximum atomic E-state index is 11.8. The SMILES string of the molecule is Cc1nnc(CCNC(=O)c2cccc(Br)c2)o1. The molecule has 6 heteroatoms. The van der Waals surface area contributed by atoms with Gasteiger partial charge < -0.3 is 9.73 Å². The summed E-state index contributed by atoms with van der Waals surface area (Å²) in [5.74, 6) is 0.942. The summed E-state index contributed by atoms with van der Waals surface area (Å²) in [6, 6.07) is 7.22. The van der Waals surface area contributed by atoms with Crippen LogP contribution in [0.4, 0.5) is 0 Å². The first-order valence-corrected chi connectivity index (χ1v) is 6.27. The molecule has 1 N–H and O–H groups in total. The number of benzene rings is 1. The number of rotatable bonds is 4. The summed E-state index contributed by atoms with van der Waals surface area (Å²) < 4.78 is 6.09. The fourth-order valence-electron chi connectivity index (χ4n) is 1.45. The molecule has 2 rings (SSSR count). The number of hydrogen-bond acceptors (Lipinski definition) is 4. The molecule has 1 heterocycles. The Kier molecular flexibility index (Phi) is 4.09. The molecule has 0 atom stereocenters. The average Bonchev–Trinajstić information content (AvgIpc) is 2.75. The average molecular weight is 310 g/mol. The van der Waals surface area contributed by atoms with E-state index in [9.17, 15) is 4.79 Å². The van der Waals surface area contributed by atoms with Gasteiger partial charge >= 0.3 is 0 Å². The van der Waals surface area contributed by atoms with E-state index in [2.05, 4.69) is 31.4 Å². The Labute approximate surface area is 113 Å². The summed E-state index contributed by atoms with van der Waals surface area (Å²) in [4.78, 5) is 11.8. The fraction of sp³-hybridized carbons (Fsp3) is 0.250. The van der Waals surface area contributed by atoms with Gasteiger partial charge in [0.1, 0.15) is 0 Å². The smallest absolute Gasteiger partial charge is 0.251 e. The molecule has 2 aromatic rings. The van der Waals surface area contributed by atoms with E-state index in [-0.39, 0.29) is 5.91 Å². The van der Waals surface area contributed by atoms with Gasteiger partial charge in [-0.15, -0.1) is 10.2 Å². The van der Waals surface area contributed by atoms with Crippen LogP contribution >= 0.6 is 15.9 Å². The van der Waals surface area contributed by atoms with Crippen LogP contribution in [0.15, 0.2) is 33.2 Å². The van der Waals surface area contributed by atoms with Gasteiger partial charge in [-0.3, -0.25) is 4.79 Å². The Morgan fingerprint density at radius 1 is 1.44 bits per heavy atom. The predicted molar refractivity (Wildman–Crippen MR) is 69.2 cm³/mol. The lowest BCUT2D eigenvalue weighted by molar-refractivity contribution is 0.0953. The van der Waals surface area contributed by atoms with E-state index in [1.54, 1.807) is 19.1 Å². The summed E-state index contributed by atoms with van der Waals surface area (Å²) in [6.45, 7) is 2.20. The van der Waals surface area contributed by atoms with Gasteiger partial charge in [0, 0.05) is 29.9 Å². The topological polar surface area (TPSA) is 68.0 Å². The highest BCUT2D eigenvalue weighted by molar-refractivity contribution is 9.10. The number of nitrogens with zero attached hydrogens (tertiary/aromatic N) is 2. The molecule has 0 bridgehead atoms. The molecule has 18 heavy (non-hydrogen) atoms. The molecule has 0 saturated heterocycles. The summed E-state index contributed by atoms with van der Waals surface area (Å²) in [5, 5.41) is 10.4. The van der Waals surface area contributed by atoms with Crippen molar-refractivity contribution in [2.45, 2.75) is 13.3 Å². The van der Waals surface area contributed by atoms with Crippen molar-refractivity contribution in [2.24, 2.45) is 0 Å². The number of carbonyl (C=O) groups excluding carboxylic acids is 1. The quantitative estimate of drug-likeness (QED) is 0.939. The van der Waals surface area contributed by atoms with Crippen molar-refractivity contribution in [1.82, 2.24) is 15.5 Å². The number of nitrogens with one attached hydrogen (secondary N) is 1. The molecule has 0 spiro atoms. The van der Waals surface area contributed by atoms with Crippen LogP contribution in [0.2, 0.25) is 0 Å². The lowest BCUT2D eigenvalue weighted by Gasteiger charge is -2.03. The second-order valence-electron chi connectivity index (χ2n) is 3.73. The Bertz CT molecular complexity index is 554. The van der Waals surface area contributed by atoms with Crippen molar-refractivity contribution in [1.29, 1.82) is 0 Å². The minimum atomic E-state index is -0.118. The highest BCUT2D eigenvalue weighted by Crippen LogP contribution is 2.11. The van der Waals surface area contributed by atoms with Crippen LogP contribution in [0.3, 0.4) is 0 Å². The van der Waals surface area contributed by atoms with Gasteiger partial charge in [0.15, 0.2) is 0 Å². The van der Waals surface area contributed by atoms with Gasteiger partial charge in [0.05, 0.1) is 0 Å². The summed E-state index contributed by atoms with van der Waals surface area (Å²) in [6.07, 6.45) is 0.528. The van der Waals surface area contributed by atoms with Gasteiger partial charge in [0.2, 0.25) is 11.8 Å². The molecule has 0 aliphatic rings. The van der Waals surface area contributed by atoms with Gasteiger partial charge in [-0.25, -0.2) is 0 Å². The maximum absolute atomic E-state index is 11.8. The Morgan fingerprint density at radius 2 is 2.28 bits per heavy atom. The molecule has 0 fully saturated rings. The van der Waals surface area contributed by atoms with Crippen LogP contribution in [0, 0.1) is 6.92 Å². The Morgan fingerprint density at radius 3 is 2.94 bits per heavy atom. The van der Waals surface area contributed by atoms with Crippen LogP contribution in [0.5, 0.6) is 0 Å². The number of amides is 1. The molecule has 1 aromatic heterocycles.